The minimum Gasteiger partial charge on any atom is -0.456 e. The summed E-state index contributed by atoms with van der Waals surface area (Å²) < 4.78 is 8.88. The Kier molecular flexibility index (Phi) is 7.40. The second-order valence-corrected chi connectivity index (χ2v) is 16.0. The minimum absolute atomic E-state index is 0.678. The quantitative estimate of drug-likeness (QED) is 0.176. The molecule has 0 spiro atoms. The van der Waals surface area contributed by atoms with Gasteiger partial charge in [0.25, 0.3) is 0 Å². The molecule has 3 nitrogen and oxygen atoms in total. The van der Waals surface area contributed by atoms with Gasteiger partial charge in [-0.05, 0) is 97.4 Å². The average Bonchev–Trinajstić information content (AvgIpc) is 3.87. The first kappa shape index (κ1) is 32.8. The van der Waals surface area contributed by atoms with Crippen LogP contribution in [0.1, 0.15) is 0 Å². The van der Waals surface area contributed by atoms with Crippen LogP contribution < -0.4 is 0 Å². The molecule has 0 bridgehead atoms. The molecule has 4 heteroatoms. The summed E-state index contributed by atoms with van der Waals surface area (Å²) in [6, 6.07) is 69.2. The van der Waals surface area contributed by atoms with Crippen molar-refractivity contribution in [3.8, 4) is 56.0 Å². The van der Waals surface area contributed by atoms with E-state index in [1.807, 2.05) is 12.1 Å². The highest BCUT2D eigenvalue weighted by Gasteiger charge is 2.21. The molecule has 0 aliphatic rings. The minimum atomic E-state index is 0.678. The van der Waals surface area contributed by atoms with Crippen molar-refractivity contribution < 1.29 is 4.42 Å². The van der Waals surface area contributed by atoms with Gasteiger partial charge in [-0.25, -0.2) is 9.97 Å². The van der Waals surface area contributed by atoms with E-state index >= 15 is 0 Å². The zero-order valence-electron chi connectivity index (χ0n) is 31.2. The lowest BCUT2D eigenvalue weighted by atomic mass is 9.95. The van der Waals surface area contributed by atoms with Gasteiger partial charge in [0, 0.05) is 32.0 Å². The number of hydrogen-bond donors (Lipinski definition) is 0. The third-order valence-electron chi connectivity index (χ3n) is 11.5. The number of nitrogens with zero attached hydrogens (tertiary/aromatic N) is 2. The molecule has 0 N–H and O–H groups in total. The summed E-state index contributed by atoms with van der Waals surface area (Å²) in [5.74, 6) is 0.678. The van der Waals surface area contributed by atoms with Crippen molar-refractivity contribution in [3.63, 3.8) is 0 Å². The molecule has 3 aromatic heterocycles. The number of rotatable bonds is 5. The van der Waals surface area contributed by atoms with Gasteiger partial charge < -0.3 is 4.42 Å². The number of para-hydroxylation sites is 1. The summed E-state index contributed by atoms with van der Waals surface area (Å²) in [5.41, 5.74) is 12.5. The summed E-state index contributed by atoms with van der Waals surface area (Å²) in [4.78, 5) is 11.0. The standard InChI is InChI=1S/C54H32N2OS/c1-2-10-33(11-3-1)38-24-25-41-30-42(27-26-40(41)29-38)51-53-52(45-15-7-9-17-49(45)58-53)56-54(55-51)46-31-43(32-48-50(46)44-14-6-8-16-47(44)57-48)36-20-18-35(19-21-36)39-23-22-34-12-4-5-13-37(34)28-39/h1-32H. The molecular formula is C54H32N2OS. The molecule has 0 atom stereocenters. The van der Waals surface area contributed by atoms with E-state index in [-0.39, 0.29) is 0 Å². The van der Waals surface area contributed by atoms with Crippen molar-refractivity contribution in [2.45, 2.75) is 0 Å². The van der Waals surface area contributed by atoms with E-state index in [0.29, 0.717) is 5.82 Å². The Morgan fingerprint density at radius 3 is 1.74 bits per heavy atom. The van der Waals surface area contributed by atoms with Crippen LogP contribution in [0.15, 0.2) is 199 Å². The Morgan fingerprint density at radius 1 is 0.379 bits per heavy atom. The second kappa shape index (κ2) is 13.1. The fourth-order valence-corrected chi connectivity index (χ4v) is 9.69. The van der Waals surface area contributed by atoms with Crippen LogP contribution in [0.3, 0.4) is 0 Å². The van der Waals surface area contributed by atoms with Crippen LogP contribution in [0, 0.1) is 0 Å². The van der Waals surface area contributed by atoms with E-state index in [1.165, 1.54) is 48.5 Å². The highest BCUT2D eigenvalue weighted by Crippen LogP contribution is 2.44. The van der Waals surface area contributed by atoms with Gasteiger partial charge in [-0.15, -0.1) is 11.3 Å². The molecular weight excluding hydrogens is 725 g/mol. The van der Waals surface area contributed by atoms with Crippen LogP contribution in [0.2, 0.25) is 0 Å². The van der Waals surface area contributed by atoms with Gasteiger partial charge in [0.05, 0.1) is 15.9 Å². The van der Waals surface area contributed by atoms with Crippen LogP contribution in [-0.4, -0.2) is 9.97 Å². The van der Waals surface area contributed by atoms with Gasteiger partial charge in [-0.3, -0.25) is 0 Å². The highest BCUT2D eigenvalue weighted by molar-refractivity contribution is 7.26. The van der Waals surface area contributed by atoms with Crippen LogP contribution in [-0.2, 0) is 0 Å². The van der Waals surface area contributed by atoms with Crippen LogP contribution in [0.4, 0.5) is 0 Å². The van der Waals surface area contributed by atoms with E-state index in [4.69, 9.17) is 14.4 Å². The third kappa shape index (κ3) is 5.42. The second-order valence-electron chi connectivity index (χ2n) is 14.9. The van der Waals surface area contributed by atoms with Gasteiger partial charge in [0.1, 0.15) is 11.2 Å². The molecule has 0 saturated carbocycles. The molecule has 3 heterocycles. The summed E-state index contributed by atoms with van der Waals surface area (Å²) in [7, 11) is 0. The zero-order chi connectivity index (χ0) is 38.2. The van der Waals surface area contributed by atoms with Gasteiger partial charge in [-0.2, -0.15) is 0 Å². The van der Waals surface area contributed by atoms with Gasteiger partial charge in [0.2, 0.25) is 0 Å². The molecule has 0 fully saturated rings. The summed E-state index contributed by atoms with van der Waals surface area (Å²) in [6.07, 6.45) is 0. The number of benzene rings is 9. The van der Waals surface area contributed by atoms with Crippen molar-refractivity contribution in [2.75, 3.05) is 0 Å². The third-order valence-corrected chi connectivity index (χ3v) is 12.6. The van der Waals surface area contributed by atoms with Gasteiger partial charge in [-0.1, -0.05) is 152 Å². The molecule has 12 rings (SSSR count). The lowest BCUT2D eigenvalue weighted by Gasteiger charge is -2.12. The van der Waals surface area contributed by atoms with E-state index in [1.54, 1.807) is 11.3 Å². The Hall–Kier alpha value is -7.40. The monoisotopic (exact) mass is 756 g/mol. The maximum absolute atomic E-state index is 6.60. The van der Waals surface area contributed by atoms with Crippen LogP contribution in [0.25, 0.3) is 120 Å². The molecule has 0 unspecified atom stereocenters. The first-order chi connectivity index (χ1) is 28.7. The molecule has 270 valence electrons. The Labute approximate surface area is 338 Å². The normalized spacial score (nSPS) is 11.8. The number of aromatic nitrogens is 2. The maximum atomic E-state index is 6.60. The Morgan fingerprint density at radius 2 is 0.948 bits per heavy atom. The lowest BCUT2D eigenvalue weighted by Crippen LogP contribution is -1.95. The average molecular weight is 757 g/mol. The summed E-state index contributed by atoms with van der Waals surface area (Å²) in [6.45, 7) is 0. The smallest absolute Gasteiger partial charge is 0.161 e. The highest BCUT2D eigenvalue weighted by atomic mass is 32.1. The SMILES string of the molecule is c1ccc(-c2ccc3cc(-c4nc(-c5cc(-c6ccc(-c7ccc8ccccc8c7)cc6)cc6oc7ccccc7c56)nc5c4sc4ccccc45)ccc3c2)cc1. The number of thiophene rings is 1. The van der Waals surface area contributed by atoms with Gasteiger partial charge >= 0.3 is 0 Å². The summed E-state index contributed by atoms with van der Waals surface area (Å²) in [5, 5.41) is 8.04. The van der Waals surface area contributed by atoms with Gasteiger partial charge in [0.15, 0.2) is 5.82 Å². The maximum Gasteiger partial charge on any atom is 0.161 e. The Bertz CT molecular complexity index is 3560. The van der Waals surface area contributed by atoms with Crippen molar-refractivity contribution in [3.05, 3.63) is 194 Å². The zero-order valence-corrected chi connectivity index (χ0v) is 32.0. The van der Waals surface area contributed by atoms with Crippen molar-refractivity contribution >= 4 is 75.1 Å². The van der Waals surface area contributed by atoms with E-state index in [2.05, 4.69) is 182 Å². The van der Waals surface area contributed by atoms with Crippen molar-refractivity contribution in [1.29, 1.82) is 0 Å². The van der Waals surface area contributed by atoms with Crippen LogP contribution in [0.5, 0.6) is 0 Å². The molecule has 0 radical (unpaired) electrons. The van der Waals surface area contributed by atoms with Crippen LogP contribution >= 0.6 is 11.3 Å². The molecule has 0 aliphatic carbocycles. The predicted molar refractivity (Wildman–Crippen MR) is 244 cm³/mol. The largest absolute Gasteiger partial charge is 0.456 e. The summed E-state index contributed by atoms with van der Waals surface area (Å²) >= 11 is 1.76. The fraction of sp³-hybridized carbons (Fsp3) is 0. The molecule has 12 aromatic rings. The van der Waals surface area contributed by atoms with Crippen molar-refractivity contribution in [1.82, 2.24) is 9.97 Å². The molecule has 58 heavy (non-hydrogen) atoms. The topological polar surface area (TPSA) is 38.9 Å². The first-order valence-electron chi connectivity index (χ1n) is 19.5. The predicted octanol–water partition coefficient (Wildman–Crippen LogP) is 15.4. The number of hydrogen-bond acceptors (Lipinski definition) is 4. The number of fused-ring (bicyclic) bond motifs is 8. The Balaban J connectivity index is 1.05. The molecule has 0 saturated heterocycles. The molecule has 9 aromatic carbocycles. The fourth-order valence-electron chi connectivity index (χ4n) is 8.53. The molecule has 0 aliphatic heterocycles. The van der Waals surface area contributed by atoms with E-state index < -0.39 is 0 Å². The van der Waals surface area contributed by atoms with Crippen molar-refractivity contribution in [2.24, 2.45) is 0 Å². The lowest BCUT2D eigenvalue weighted by molar-refractivity contribution is 0.669. The van der Waals surface area contributed by atoms with E-state index in [9.17, 15) is 0 Å². The first-order valence-corrected chi connectivity index (χ1v) is 20.4. The molecule has 0 amide bonds. The van der Waals surface area contributed by atoms with E-state index in [0.717, 1.165) is 65.5 Å². The number of furan rings is 1.